The fourth-order valence-corrected chi connectivity index (χ4v) is 2.83. The van der Waals surface area contributed by atoms with Gasteiger partial charge in [-0.3, -0.25) is 0 Å². The van der Waals surface area contributed by atoms with Crippen LogP contribution in [-0.2, 0) is 4.74 Å². The lowest BCUT2D eigenvalue weighted by Gasteiger charge is -2.13. The number of methoxy groups -OCH3 is 2. The van der Waals surface area contributed by atoms with E-state index in [1.165, 1.54) is 27.8 Å². The van der Waals surface area contributed by atoms with E-state index < -0.39 is 0 Å². The van der Waals surface area contributed by atoms with Crippen LogP contribution in [0.3, 0.4) is 0 Å². The topological polar surface area (TPSA) is 18.5 Å². The highest BCUT2D eigenvalue weighted by atomic mass is 16.5. The van der Waals surface area contributed by atoms with E-state index in [1.54, 1.807) is 14.2 Å². The Bertz CT molecular complexity index is 789. The number of hydrogen-bond donors (Lipinski definition) is 0. The molecular formula is C22H22O2. The smallest absolute Gasteiger partial charge is 0.118 e. The molecule has 3 aromatic carbocycles. The highest BCUT2D eigenvalue weighted by Gasteiger charge is 2.09. The number of benzene rings is 3. The lowest BCUT2D eigenvalue weighted by Crippen LogP contribution is -1.95. The van der Waals surface area contributed by atoms with Crippen molar-refractivity contribution in [3.8, 4) is 28.0 Å². The van der Waals surface area contributed by atoms with Crippen molar-refractivity contribution in [3.63, 3.8) is 0 Å². The normalized spacial score (nSPS) is 12.0. The van der Waals surface area contributed by atoms with Crippen molar-refractivity contribution in [2.45, 2.75) is 13.0 Å². The molecule has 0 aliphatic rings. The third kappa shape index (κ3) is 3.34. The Kier molecular flexibility index (Phi) is 4.97. The van der Waals surface area contributed by atoms with E-state index in [4.69, 9.17) is 9.47 Å². The second kappa shape index (κ2) is 7.33. The van der Waals surface area contributed by atoms with Gasteiger partial charge in [0.15, 0.2) is 0 Å². The van der Waals surface area contributed by atoms with Crippen molar-refractivity contribution in [2.24, 2.45) is 0 Å². The molecule has 0 fully saturated rings. The monoisotopic (exact) mass is 318 g/mol. The molecule has 122 valence electrons. The van der Waals surface area contributed by atoms with E-state index in [-0.39, 0.29) is 6.10 Å². The quantitative estimate of drug-likeness (QED) is 0.597. The summed E-state index contributed by atoms with van der Waals surface area (Å²) in [5.41, 5.74) is 6.00. The molecule has 0 radical (unpaired) electrons. The third-order valence-electron chi connectivity index (χ3n) is 4.37. The molecule has 0 amide bonds. The molecule has 0 saturated carbocycles. The first-order valence-corrected chi connectivity index (χ1v) is 8.09. The zero-order chi connectivity index (χ0) is 16.9. The largest absolute Gasteiger partial charge is 0.497 e. The van der Waals surface area contributed by atoms with Gasteiger partial charge in [0, 0.05) is 7.11 Å². The summed E-state index contributed by atoms with van der Waals surface area (Å²) in [5.74, 6) is 0.870. The van der Waals surface area contributed by atoms with Gasteiger partial charge in [0.1, 0.15) is 5.75 Å². The lowest BCUT2D eigenvalue weighted by molar-refractivity contribution is 0.119. The van der Waals surface area contributed by atoms with E-state index in [0.717, 1.165) is 5.75 Å². The zero-order valence-electron chi connectivity index (χ0n) is 14.3. The number of ether oxygens (including phenoxy) is 2. The maximum atomic E-state index is 5.38. The SMILES string of the molecule is COc1ccc(-c2ccccc2-c2ccc(C(C)OC)cc2)cc1. The van der Waals surface area contributed by atoms with Crippen LogP contribution in [0.4, 0.5) is 0 Å². The van der Waals surface area contributed by atoms with Gasteiger partial charge >= 0.3 is 0 Å². The Morgan fingerprint density at radius 1 is 0.667 bits per heavy atom. The van der Waals surface area contributed by atoms with E-state index >= 15 is 0 Å². The average Bonchev–Trinajstić information content (AvgIpc) is 2.67. The summed E-state index contributed by atoms with van der Waals surface area (Å²) in [6.45, 7) is 2.06. The fourth-order valence-electron chi connectivity index (χ4n) is 2.83. The van der Waals surface area contributed by atoms with Gasteiger partial charge < -0.3 is 9.47 Å². The van der Waals surface area contributed by atoms with Crippen LogP contribution in [0.25, 0.3) is 22.3 Å². The Labute approximate surface area is 143 Å². The van der Waals surface area contributed by atoms with Gasteiger partial charge in [-0.25, -0.2) is 0 Å². The summed E-state index contributed by atoms with van der Waals surface area (Å²) in [7, 11) is 3.42. The van der Waals surface area contributed by atoms with Gasteiger partial charge in [0.2, 0.25) is 0 Å². The van der Waals surface area contributed by atoms with Crippen LogP contribution in [-0.4, -0.2) is 14.2 Å². The molecule has 0 N–H and O–H groups in total. The second-order valence-corrected chi connectivity index (χ2v) is 5.77. The van der Waals surface area contributed by atoms with Gasteiger partial charge in [-0.05, 0) is 46.9 Å². The molecule has 0 spiro atoms. The van der Waals surface area contributed by atoms with E-state index in [2.05, 4.69) is 67.6 Å². The summed E-state index contributed by atoms with van der Waals surface area (Å²) in [6, 6.07) is 25.2. The van der Waals surface area contributed by atoms with Gasteiger partial charge in [-0.1, -0.05) is 60.7 Å². The Morgan fingerprint density at radius 2 is 1.17 bits per heavy atom. The van der Waals surface area contributed by atoms with Crippen LogP contribution in [0.1, 0.15) is 18.6 Å². The minimum atomic E-state index is 0.107. The number of hydrogen-bond acceptors (Lipinski definition) is 2. The lowest BCUT2D eigenvalue weighted by atomic mass is 9.94. The molecule has 0 aliphatic carbocycles. The Morgan fingerprint density at radius 3 is 1.62 bits per heavy atom. The van der Waals surface area contributed by atoms with Crippen LogP contribution in [0.5, 0.6) is 5.75 Å². The van der Waals surface area contributed by atoms with Crippen LogP contribution in [0.15, 0.2) is 72.8 Å². The van der Waals surface area contributed by atoms with Crippen LogP contribution >= 0.6 is 0 Å². The van der Waals surface area contributed by atoms with Crippen molar-refractivity contribution in [1.29, 1.82) is 0 Å². The highest BCUT2D eigenvalue weighted by molar-refractivity contribution is 5.83. The Hall–Kier alpha value is -2.58. The maximum absolute atomic E-state index is 5.38. The summed E-state index contributed by atoms with van der Waals surface area (Å²) >= 11 is 0. The summed E-state index contributed by atoms with van der Waals surface area (Å²) in [6.07, 6.45) is 0.107. The van der Waals surface area contributed by atoms with E-state index in [0.29, 0.717) is 0 Å². The van der Waals surface area contributed by atoms with Crippen molar-refractivity contribution >= 4 is 0 Å². The van der Waals surface area contributed by atoms with Crippen molar-refractivity contribution < 1.29 is 9.47 Å². The average molecular weight is 318 g/mol. The minimum Gasteiger partial charge on any atom is -0.497 e. The molecule has 24 heavy (non-hydrogen) atoms. The molecular weight excluding hydrogens is 296 g/mol. The third-order valence-corrected chi connectivity index (χ3v) is 4.37. The predicted molar refractivity (Wildman–Crippen MR) is 99.3 cm³/mol. The van der Waals surface area contributed by atoms with E-state index in [1.807, 2.05) is 12.1 Å². The predicted octanol–water partition coefficient (Wildman–Crippen LogP) is 5.74. The first kappa shape index (κ1) is 16.3. The van der Waals surface area contributed by atoms with E-state index in [9.17, 15) is 0 Å². The Balaban J connectivity index is 1.99. The second-order valence-electron chi connectivity index (χ2n) is 5.77. The molecule has 0 heterocycles. The molecule has 3 rings (SSSR count). The molecule has 3 aromatic rings. The number of rotatable bonds is 5. The molecule has 2 nitrogen and oxygen atoms in total. The van der Waals surface area contributed by atoms with Crippen molar-refractivity contribution in [3.05, 3.63) is 78.4 Å². The van der Waals surface area contributed by atoms with Gasteiger partial charge in [0.05, 0.1) is 13.2 Å². The van der Waals surface area contributed by atoms with Crippen LogP contribution < -0.4 is 4.74 Å². The first-order valence-electron chi connectivity index (χ1n) is 8.09. The van der Waals surface area contributed by atoms with Gasteiger partial charge in [-0.15, -0.1) is 0 Å². The summed E-state index contributed by atoms with van der Waals surface area (Å²) in [5, 5.41) is 0. The van der Waals surface area contributed by atoms with Gasteiger partial charge in [0.25, 0.3) is 0 Å². The standard InChI is InChI=1S/C22H22O2/c1-16(23-2)17-8-10-18(11-9-17)21-6-4-5-7-22(21)19-12-14-20(24-3)15-13-19/h4-16H,1-3H3. The van der Waals surface area contributed by atoms with Crippen molar-refractivity contribution in [2.75, 3.05) is 14.2 Å². The molecule has 1 unspecified atom stereocenters. The highest BCUT2D eigenvalue weighted by Crippen LogP contribution is 2.33. The molecule has 2 heteroatoms. The molecule has 0 aliphatic heterocycles. The van der Waals surface area contributed by atoms with Crippen LogP contribution in [0, 0.1) is 0 Å². The molecule has 0 bridgehead atoms. The first-order chi connectivity index (χ1) is 11.7. The molecule has 0 saturated heterocycles. The minimum absolute atomic E-state index is 0.107. The summed E-state index contributed by atoms with van der Waals surface area (Å²) < 4.78 is 10.6. The summed E-state index contributed by atoms with van der Waals surface area (Å²) in [4.78, 5) is 0. The van der Waals surface area contributed by atoms with Crippen LogP contribution in [0.2, 0.25) is 0 Å². The molecule has 1 atom stereocenters. The zero-order valence-corrected chi connectivity index (χ0v) is 14.3. The maximum Gasteiger partial charge on any atom is 0.118 e. The van der Waals surface area contributed by atoms with Gasteiger partial charge in [-0.2, -0.15) is 0 Å². The molecule has 0 aromatic heterocycles. The van der Waals surface area contributed by atoms with Crippen molar-refractivity contribution in [1.82, 2.24) is 0 Å². The fraction of sp³-hybridized carbons (Fsp3) is 0.182.